The van der Waals surface area contributed by atoms with Gasteiger partial charge in [-0.05, 0) is 18.3 Å². The Labute approximate surface area is 58.0 Å². The molecule has 0 aromatic carbocycles. The predicted molar refractivity (Wildman–Crippen MR) is 41.3 cm³/mol. The van der Waals surface area contributed by atoms with Gasteiger partial charge < -0.3 is 0 Å². The number of hydrogen-bond acceptors (Lipinski definition) is 0. The lowest BCUT2D eigenvalue weighted by atomic mass is 9.98. The van der Waals surface area contributed by atoms with E-state index in [1.165, 1.54) is 24.8 Å². The van der Waals surface area contributed by atoms with Gasteiger partial charge in [-0.15, -0.1) is 0 Å². The average molecular weight is 124 g/mol. The normalized spacial score (nSPS) is 25.2. The fraction of sp³-hybridized carbons (Fsp3) is 0.778. The van der Waals surface area contributed by atoms with Gasteiger partial charge in [0.05, 0.1) is 0 Å². The molecule has 0 spiro atoms. The van der Waals surface area contributed by atoms with E-state index >= 15 is 0 Å². The first kappa shape index (κ1) is 6.85. The smallest absolute Gasteiger partial charge is 0.0140 e. The number of rotatable bonds is 3. The first-order valence-corrected chi connectivity index (χ1v) is 3.97. The predicted octanol–water partition coefficient (Wildman–Crippen LogP) is 3.00. The van der Waals surface area contributed by atoms with E-state index in [4.69, 9.17) is 0 Å². The molecule has 1 unspecified atom stereocenters. The molecule has 1 atom stereocenters. The zero-order valence-electron chi connectivity index (χ0n) is 6.48. The second kappa shape index (κ2) is 2.55. The van der Waals surface area contributed by atoms with Crippen LogP contribution in [0.2, 0.25) is 0 Å². The van der Waals surface area contributed by atoms with Gasteiger partial charge in [0.15, 0.2) is 0 Å². The maximum Gasteiger partial charge on any atom is -0.0140 e. The summed E-state index contributed by atoms with van der Waals surface area (Å²) in [7, 11) is 0. The summed E-state index contributed by atoms with van der Waals surface area (Å²) in [6.07, 6.45) is 3.98. The van der Waals surface area contributed by atoms with Crippen LogP contribution in [-0.2, 0) is 0 Å². The highest BCUT2D eigenvalue weighted by Gasteiger charge is 2.32. The molecule has 0 nitrogen and oxygen atoms in total. The number of allylic oxidation sites excluding steroid dienone is 1. The summed E-state index contributed by atoms with van der Waals surface area (Å²) in [5.74, 6) is 1.84. The summed E-state index contributed by atoms with van der Waals surface area (Å²) in [6.45, 7) is 8.52. The summed E-state index contributed by atoms with van der Waals surface area (Å²) >= 11 is 0. The van der Waals surface area contributed by atoms with Crippen molar-refractivity contribution in [2.24, 2.45) is 11.8 Å². The molecule has 1 aliphatic carbocycles. The molecule has 52 valence electrons. The average Bonchev–Trinajstić information content (AvgIpc) is 2.51. The van der Waals surface area contributed by atoms with Crippen LogP contribution >= 0.6 is 0 Å². The number of hydrogen-bond donors (Lipinski definition) is 0. The lowest BCUT2D eigenvalue weighted by Gasteiger charge is -2.08. The lowest BCUT2D eigenvalue weighted by Crippen LogP contribution is -1.98. The molecule has 1 fully saturated rings. The molecular formula is C9H16. The molecule has 9 heavy (non-hydrogen) atoms. The SMILES string of the molecule is C=C1CC1C(CC)CC. The van der Waals surface area contributed by atoms with Crippen molar-refractivity contribution in [3.05, 3.63) is 12.2 Å². The van der Waals surface area contributed by atoms with Crippen LogP contribution in [0.1, 0.15) is 33.1 Å². The van der Waals surface area contributed by atoms with E-state index in [1.807, 2.05) is 0 Å². The molecule has 0 radical (unpaired) electrons. The molecule has 0 aromatic heterocycles. The van der Waals surface area contributed by atoms with Crippen molar-refractivity contribution in [1.82, 2.24) is 0 Å². The van der Waals surface area contributed by atoms with E-state index in [1.54, 1.807) is 0 Å². The van der Waals surface area contributed by atoms with Crippen molar-refractivity contribution in [3.8, 4) is 0 Å². The summed E-state index contributed by atoms with van der Waals surface area (Å²) in [5, 5.41) is 0. The van der Waals surface area contributed by atoms with Gasteiger partial charge in [-0.1, -0.05) is 38.8 Å². The minimum absolute atomic E-state index is 0.903. The molecule has 0 bridgehead atoms. The van der Waals surface area contributed by atoms with Gasteiger partial charge in [0.25, 0.3) is 0 Å². The maximum absolute atomic E-state index is 3.96. The van der Waals surface area contributed by atoms with Crippen LogP contribution in [0, 0.1) is 11.8 Å². The van der Waals surface area contributed by atoms with Crippen LogP contribution < -0.4 is 0 Å². The molecule has 0 amide bonds. The molecule has 1 saturated carbocycles. The summed E-state index contributed by atoms with van der Waals surface area (Å²) in [6, 6.07) is 0. The van der Waals surface area contributed by atoms with E-state index in [9.17, 15) is 0 Å². The van der Waals surface area contributed by atoms with Crippen LogP contribution in [0.3, 0.4) is 0 Å². The topological polar surface area (TPSA) is 0 Å². The second-order valence-corrected chi connectivity index (χ2v) is 3.05. The quantitative estimate of drug-likeness (QED) is 0.507. The lowest BCUT2D eigenvalue weighted by molar-refractivity contribution is 0.445. The molecule has 0 aliphatic heterocycles. The van der Waals surface area contributed by atoms with Crippen molar-refractivity contribution in [3.63, 3.8) is 0 Å². The molecule has 0 heteroatoms. The Hall–Kier alpha value is -0.260. The Morgan fingerprint density at radius 3 is 2.11 bits per heavy atom. The second-order valence-electron chi connectivity index (χ2n) is 3.05. The van der Waals surface area contributed by atoms with Gasteiger partial charge in [-0.25, -0.2) is 0 Å². The molecule has 1 aliphatic rings. The van der Waals surface area contributed by atoms with E-state index in [0.717, 1.165) is 11.8 Å². The van der Waals surface area contributed by atoms with E-state index in [2.05, 4.69) is 20.4 Å². The van der Waals surface area contributed by atoms with Gasteiger partial charge in [0.1, 0.15) is 0 Å². The third-order valence-corrected chi connectivity index (χ3v) is 2.46. The van der Waals surface area contributed by atoms with Crippen molar-refractivity contribution in [2.75, 3.05) is 0 Å². The van der Waals surface area contributed by atoms with Gasteiger partial charge >= 0.3 is 0 Å². The Kier molecular flexibility index (Phi) is 1.94. The zero-order chi connectivity index (χ0) is 6.85. The largest absolute Gasteiger partial charge is 0.0995 e. The summed E-state index contributed by atoms with van der Waals surface area (Å²) in [5.41, 5.74) is 1.49. The minimum atomic E-state index is 0.903. The van der Waals surface area contributed by atoms with Gasteiger partial charge in [-0.2, -0.15) is 0 Å². The fourth-order valence-corrected chi connectivity index (χ4v) is 1.58. The first-order valence-electron chi connectivity index (χ1n) is 3.97. The minimum Gasteiger partial charge on any atom is -0.0995 e. The summed E-state index contributed by atoms with van der Waals surface area (Å²) < 4.78 is 0. The zero-order valence-corrected chi connectivity index (χ0v) is 6.48. The first-order chi connectivity index (χ1) is 4.29. The monoisotopic (exact) mass is 124 g/mol. The molecule has 1 rings (SSSR count). The van der Waals surface area contributed by atoms with Gasteiger partial charge in [0, 0.05) is 0 Å². The third kappa shape index (κ3) is 1.35. The van der Waals surface area contributed by atoms with Gasteiger partial charge in [0.2, 0.25) is 0 Å². The van der Waals surface area contributed by atoms with E-state index in [0.29, 0.717) is 0 Å². The van der Waals surface area contributed by atoms with Crippen molar-refractivity contribution in [2.45, 2.75) is 33.1 Å². The van der Waals surface area contributed by atoms with Crippen molar-refractivity contribution < 1.29 is 0 Å². The maximum atomic E-state index is 3.96. The van der Waals surface area contributed by atoms with Crippen LogP contribution in [0.4, 0.5) is 0 Å². The Balaban J connectivity index is 2.31. The van der Waals surface area contributed by atoms with Crippen molar-refractivity contribution in [1.29, 1.82) is 0 Å². The van der Waals surface area contributed by atoms with Crippen LogP contribution in [-0.4, -0.2) is 0 Å². The molecule has 0 N–H and O–H groups in total. The van der Waals surface area contributed by atoms with Crippen LogP contribution in [0.15, 0.2) is 12.2 Å². The van der Waals surface area contributed by atoms with Crippen LogP contribution in [0.25, 0.3) is 0 Å². The molecule has 0 aromatic rings. The third-order valence-electron chi connectivity index (χ3n) is 2.46. The Morgan fingerprint density at radius 1 is 1.56 bits per heavy atom. The highest BCUT2D eigenvalue weighted by atomic mass is 14.4. The van der Waals surface area contributed by atoms with Crippen LogP contribution in [0.5, 0.6) is 0 Å². The van der Waals surface area contributed by atoms with E-state index in [-0.39, 0.29) is 0 Å². The Bertz CT molecular complexity index is 109. The standard InChI is InChI=1S/C9H16/c1-4-8(5-2)9-6-7(9)3/h8-9H,3-6H2,1-2H3. The molecule has 0 heterocycles. The highest BCUT2D eigenvalue weighted by Crippen LogP contribution is 2.44. The van der Waals surface area contributed by atoms with Gasteiger partial charge in [-0.3, -0.25) is 0 Å². The fourth-order valence-electron chi connectivity index (χ4n) is 1.58. The van der Waals surface area contributed by atoms with E-state index < -0.39 is 0 Å². The highest BCUT2D eigenvalue weighted by molar-refractivity contribution is 5.20. The Morgan fingerprint density at radius 2 is 2.00 bits per heavy atom. The summed E-state index contributed by atoms with van der Waals surface area (Å²) in [4.78, 5) is 0. The molecular weight excluding hydrogens is 108 g/mol. The molecule has 0 saturated heterocycles. The van der Waals surface area contributed by atoms with Crippen molar-refractivity contribution >= 4 is 0 Å².